The van der Waals surface area contributed by atoms with Gasteiger partial charge in [-0.2, -0.15) is 0 Å². The maximum absolute atomic E-state index is 12.2. The predicted molar refractivity (Wildman–Crippen MR) is 79.4 cm³/mol. The van der Waals surface area contributed by atoms with Crippen molar-refractivity contribution in [3.63, 3.8) is 0 Å². The van der Waals surface area contributed by atoms with Crippen molar-refractivity contribution in [1.29, 1.82) is 0 Å². The smallest absolute Gasteiger partial charge is 0.263 e. The van der Waals surface area contributed by atoms with Gasteiger partial charge in [0.15, 0.2) is 0 Å². The molecule has 0 bridgehead atoms. The molecule has 0 spiro atoms. The summed E-state index contributed by atoms with van der Waals surface area (Å²) >= 11 is 12.3. The summed E-state index contributed by atoms with van der Waals surface area (Å²) in [5.41, 5.74) is 5.64. The Hall–Kier alpha value is -0.650. The van der Waals surface area contributed by atoms with Crippen LogP contribution < -0.4 is 5.73 Å². The molecular weight excluding hydrogens is 288 g/mol. The molecule has 1 aromatic rings. The molecule has 1 saturated heterocycles. The Labute approximate surface area is 121 Å². The van der Waals surface area contributed by atoms with Crippen molar-refractivity contribution in [2.24, 2.45) is 11.1 Å². The maximum atomic E-state index is 12.2. The average Bonchev–Trinajstić information content (AvgIpc) is 2.76. The highest BCUT2D eigenvalue weighted by Crippen LogP contribution is 2.32. The van der Waals surface area contributed by atoms with E-state index in [-0.39, 0.29) is 11.3 Å². The van der Waals surface area contributed by atoms with Crippen molar-refractivity contribution < 1.29 is 4.79 Å². The van der Waals surface area contributed by atoms with E-state index in [1.807, 2.05) is 4.90 Å². The minimum absolute atomic E-state index is 0.0527. The van der Waals surface area contributed by atoms with E-state index in [0.717, 1.165) is 12.8 Å². The number of thiocarbonyl (C=S) groups is 1. The highest BCUT2D eigenvalue weighted by atomic mass is 35.5. The molecule has 0 radical (unpaired) electrons. The van der Waals surface area contributed by atoms with Gasteiger partial charge in [0.05, 0.1) is 14.2 Å². The number of likely N-dealkylation sites (tertiary alicyclic amines) is 1. The molecule has 2 N–H and O–H groups in total. The van der Waals surface area contributed by atoms with Crippen LogP contribution >= 0.6 is 35.2 Å². The lowest BCUT2D eigenvalue weighted by molar-refractivity contribution is 0.0675. The van der Waals surface area contributed by atoms with E-state index < -0.39 is 0 Å². The largest absolute Gasteiger partial charge is 0.393 e. The van der Waals surface area contributed by atoms with Crippen LogP contribution in [0, 0.1) is 5.41 Å². The molecule has 0 atom stereocenters. The number of rotatable bonds is 2. The fourth-order valence-corrected chi connectivity index (χ4v) is 3.25. The Morgan fingerprint density at radius 1 is 1.50 bits per heavy atom. The zero-order chi connectivity index (χ0) is 13.3. The monoisotopic (exact) mass is 302 g/mol. The van der Waals surface area contributed by atoms with Gasteiger partial charge in [0.25, 0.3) is 5.91 Å². The minimum Gasteiger partial charge on any atom is -0.393 e. The maximum Gasteiger partial charge on any atom is 0.263 e. The van der Waals surface area contributed by atoms with Crippen molar-refractivity contribution >= 4 is 46.1 Å². The molecule has 2 rings (SSSR count). The summed E-state index contributed by atoms with van der Waals surface area (Å²) in [6.45, 7) is 3.46. The molecule has 0 unspecified atom stereocenters. The number of halogens is 1. The van der Waals surface area contributed by atoms with Gasteiger partial charge in [0.1, 0.15) is 0 Å². The van der Waals surface area contributed by atoms with Gasteiger partial charge < -0.3 is 10.6 Å². The molecule has 1 aliphatic rings. The van der Waals surface area contributed by atoms with Crippen molar-refractivity contribution in [3.05, 3.63) is 21.3 Å². The molecule has 0 aromatic carbocycles. The molecular formula is C12H15ClN2OS2. The summed E-state index contributed by atoms with van der Waals surface area (Å²) in [7, 11) is 0. The Kier molecular flexibility index (Phi) is 3.94. The van der Waals surface area contributed by atoms with Gasteiger partial charge in [-0.25, -0.2) is 0 Å². The second-order valence-corrected chi connectivity index (χ2v) is 6.98. The predicted octanol–water partition coefficient (Wildman–Crippen LogP) is 2.93. The summed E-state index contributed by atoms with van der Waals surface area (Å²) in [6, 6.07) is 3.53. The lowest BCUT2D eigenvalue weighted by Crippen LogP contribution is -2.46. The Bertz CT molecular complexity index is 478. The van der Waals surface area contributed by atoms with Crippen LogP contribution in [0.3, 0.4) is 0 Å². The number of piperidine rings is 1. The van der Waals surface area contributed by atoms with E-state index in [1.165, 1.54) is 11.3 Å². The van der Waals surface area contributed by atoms with Gasteiger partial charge in [0.2, 0.25) is 0 Å². The fourth-order valence-electron chi connectivity index (χ4n) is 2.03. The standard InChI is InChI=1S/C12H15ClN2OS2/c1-12(11(14)17)4-6-15(7-5-12)10(16)8-2-3-9(13)18-8/h2-3H,4-7H2,1H3,(H2,14,17). The normalized spacial score (nSPS) is 18.7. The van der Waals surface area contributed by atoms with Gasteiger partial charge in [-0.3, -0.25) is 4.79 Å². The number of hydrogen-bond donors (Lipinski definition) is 1. The quantitative estimate of drug-likeness (QED) is 0.855. The molecule has 3 nitrogen and oxygen atoms in total. The van der Waals surface area contributed by atoms with E-state index in [1.54, 1.807) is 12.1 Å². The number of thiophene rings is 1. The second-order valence-electron chi connectivity index (χ2n) is 4.82. The van der Waals surface area contributed by atoms with Gasteiger partial charge in [-0.05, 0) is 25.0 Å². The SMILES string of the molecule is CC1(C(N)=S)CCN(C(=O)c2ccc(Cl)s2)CC1. The van der Waals surface area contributed by atoms with Crippen LogP contribution in [0.5, 0.6) is 0 Å². The lowest BCUT2D eigenvalue weighted by atomic mass is 9.80. The van der Waals surface area contributed by atoms with Crippen LogP contribution in [0.4, 0.5) is 0 Å². The molecule has 1 fully saturated rings. The molecule has 1 aliphatic heterocycles. The van der Waals surface area contributed by atoms with Gasteiger partial charge in [0, 0.05) is 18.5 Å². The van der Waals surface area contributed by atoms with Crippen LogP contribution in [0.1, 0.15) is 29.4 Å². The zero-order valence-electron chi connectivity index (χ0n) is 10.1. The molecule has 18 heavy (non-hydrogen) atoms. The summed E-state index contributed by atoms with van der Waals surface area (Å²) in [5, 5.41) is 0. The molecule has 6 heteroatoms. The Balaban J connectivity index is 2.02. The molecule has 0 aliphatic carbocycles. The van der Waals surface area contributed by atoms with Crippen molar-refractivity contribution in [1.82, 2.24) is 4.90 Å². The van der Waals surface area contributed by atoms with E-state index in [4.69, 9.17) is 29.6 Å². The summed E-state index contributed by atoms with van der Waals surface area (Å²) < 4.78 is 0.642. The van der Waals surface area contributed by atoms with E-state index in [2.05, 4.69) is 6.92 Å². The summed E-state index contributed by atoms with van der Waals surface area (Å²) in [5.74, 6) is 0.0527. The molecule has 98 valence electrons. The zero-order valence-corrected chi connectivity index (χ0v) is 12.5. The second kappa shape index (κ2) is 5.15. The topological polar surface area (TPSA) is 46.3 Å². The van der Waals surface area contributed by atoms with Crippen molar-refractivity contribution in [2.75, 3.05) is 13.1 Å². The van der Waals surface area contributed by atoms with Crippen molar-refractivity contribution in [3.8, 4) is 0 Å². The lowest BCUT2D eigenvalue weighted by Gasteiger charge is -2.38. The molecule has 0 saturated carbocycles. The molecule has 1 amide bonds. The summed E-state index contributed by atoms with van der Waals surface area (Å²) in [4.78, 5) is 15.3. The van der Waals surface area contributed by atoms with Crippen LogP contribution in [0.25, 0.3) is 0 Å². The first-order valence-corrected chi connectivity index (χ1v) is 7.37. The van der Waals surface area contributed by atoms with E-state index >= 15 is 0 Å². The Morgan fingerprint density at radius 2 is 2.11 bits per heavy atom. The average molecular weight is 303 g/mol. The number of carbonyl (C=O) groups excluding carboxylic acids is 1. The fraction of sp³-hybridized carbons (Fsp3) is 0.500. The first kappa shape index (κ1) is 13.8. The third-order valence-electron chi connectivity index (χ3n) is 3.53. The Morgan fingerprint density at radius 3 is 2.56 bits per heavy atom. The molecule has 2 heterocycles. The highest BCUT2D eigenvalue weighted by molar-refractivity contribution is 7.80. The first-order chi connectivity index (χ1) is 8.42. The number of amides is 1. The highest BCUT2D eigenvalue weighted by Gasteiger charge is 2.34. The van der Waals surface area contributed by atoms with Crippen LogP contribution in [-0.4, -0.2) is 28.9 Å². The number of nitrogens with two attached hydrogens (primary N) is 1. The van der Waals surface area contributed by atoms with Crippen LogP contribution in [0.2, 0.25) is 4.34 Å². The van der Waals surface area contributed by atoms with Crippen LogP contribution in [-0.2, 0) is 0 Å². The van der Waals surface area contributed by atoms with Crippen molar-refractivity contribution in [2.45, 2.75) is 19.8 Å². The van der Waals surface area contributed by atoms with Gasteiger partial charge in [-0.15, -0.1) is 11.3 Å². The van der Waals surface area contributed by atoms with Gasteiger partial charge >= 0.3 is 0 Å². The number of carbonyl (C=O) groups is 1. The number of nitrogens with zero attached hydrogens (tertiary/aromatic N) is 1. The number of hydrogen-bond acceptors (Lipinski definition) is 3. The summed E-state index contributed by atoms with van der Waals surface area (Å²) in [6.07, 6.45) is 1.65. The molecule has 1 aromatic heterocycles. The van der Waals surface area contributed by atoms with Crippen LogP contribution in [0.15, 0.2) is 12.1 Å². The minimum atomic E-state index is -0.112. The van der Waals surface area contributed by atoms with E-state index in [0.29, 0.717) is 27.3 Å². The first-order valence-electron chi connectivity index (χ1n) is 5.77. The third-order valence-corrected chi connectivity index (χ3v) is 5.25. The van der Waals surface area contributed by atoms with E-state index in [9.17, 15) is 4.79 Å². The van der Waals surface area contributed by atoms with Gasteiger partial charge in [-0.1, -0.05) is 30.7 Å². The third kappa shape index (κ3) is 2.68.